The minimum Gasteiger partial charge on any atom is -0.362 e. The van der Waals surface area contributed by atoms with Crippen molar-refractivity contribution >= 4 is 17.2 Å². The number of hydrogen-bond acceptors (Lipinski definition) is 4. The molecular weight excluding hydrogens is 254 g/mol. The summed E-state index contributed by atoms with van der Waals surface area (Å²) in [6.45, 7) is 6.58. The molecular formula is C15H17N3S. The quantitative estimate of drug-likeness (QED) is 0.909. The Morgan fingerprint density at radius 1 is 1.26 bits per heavy atom. The van der Waals surface area contributed by atoms with Gasteiger partial charge in [-0.25, -0.2) is 4.98 Å². The molecule has 4 heteroatoms. The lowest BCUT2D eigenvalue weighted by atomic mass is 9.86. The van der Waals surface area contributed by atoms with Gasteiger partial charge in [0.05, 0.1) is 6.04 Å². The molecule has 0 saturated carbocycles. The molecule has 3 nitrogen and oxygen atoms in total. The first kappa shape index (κ1) is 13.6. The number of nitrogens with one attached hydrogen (secondary N) is 1. The molecule has 0 aliphatic carbocycles. The molecule has 2 aromatic rings. The molecule has 1 atom stereocenters. The molecule has 1 unspecified atom stereocenters. The fraction of sp³-hybridized carbons (Fsp3) is 0.333. The molecule has 2 rings (SSSR count). The van der Waals surface area contributed by atoms with Crippen molar-refractivity contribution in [2.45, 2.75) is 26.8 Å². The molecule has 19 heavy (non-hydrogen) atoms. The van der Waals surface area contributed by atoms with Gasteiger partial charge in [0.25, 0.3) is 0 Å². The zero-order valence-electron chi connectivity index (χ0n) is 11.3. The minimum absolute atomic E-state index is 0.0647. The first-order valence-corrected chi connectivity index (χ1v) is 7.06. The van der Waals surface area contributed by atoms with Crippen LogP contribution < -0.4 is 5.32 Å². The number of nitriles is 1. The predicted molar refractivity (Wildman–Crippen MR) is 79.1 cm³/mol. The first-order chi connectivity index (χ1) is 9.00. The van der Waals surface area contributed by atoms with E-state index in [0.29, 0.717) is 5.69 Å². The molecule has 0 saturated heterocycles. The Kier molecular flexibility index (Phi) is 3.87. The number of pyridine rings is 1. The second-order valence-corrected chi connectivity index (χ2v) is 6.46. The fourth-order valence-corrected chi connectivity index (χ4v) is 2.92. The summed E-state index contributed by atoms with van der Waals surface area (Å²) in [4.78, 5) is 5.56. The van der Waals surface area contributed by atoms with Crippen molar-refractivity contribution in [2.75, 3.05) is 5.32 Å². The zero-order chi connectivity index (χ0) is 13.9. The van der Waals surface area contributed by atoms with Crippen molar-refractivity contribution in [3.63, 3.8) is 0 Å². The second kappa shape index (κ2) is 5.41. The van der Waals surface area contributed by atoms with Gasteiger partial charge < -0.3 is 5.32 Å². The highest BCUT2D eigenvalue weighted by molar-refractivity contribution is 7.10. The SMILES string of the molecule is CC(C)(C)C(Nc1cccc(C#N)n1)c1cccs1. The summed E-state index contributed by atoms with van der Waals surface area (Å²) >= 11 is 1.73. The summed E-state index contributed by atoms with van der Waals surface area (Å²) in [7, 11) is 0. The third kappa shape index (κ3) is 3.33. The van der Waals surface area contributed by atoms with Crippen LogP contribution in [-0.2, 0) is 0 Å². The Balaban J connectivity index is 2.29. The minimum atomic E-state index is 0.0647. The topological polar surface area (TPSA) is 48.7 Å². The first-order valence-electron chi connectivity index (χ1n) is 6.18. The summed E-state index contributed by atoms with van der Waals surface area (Å²) in [5.74, 6) is 0.743. The molecule has 0 aromatic carbocycles. The van der Waals surface area contributed by atoms with E-state index in [1.54, 1.807) is 17.4 Å². The second-order valence-electron chi connectivity index (χ2n) is 5.48. The summed E-state index contributed by atoms with van der Waals surface area (Å²) in [6.07, 6.45) is 0. The number of aromatic nitrogens is 1. The van der Waals surface area contributed by atoms with Crippen molar-refractivity contribution in [3.8, 4) is 6.07 Å². The van der Waals surface area contributed by atoms with Crippen LogP contribution in [0.4, 0.5) is 5.82 Å². The monoisotopic (exact) mass is 271 g/mol. The van der Waals surface area contributed by atoms with Crippen LogP contribution in [0.1, 0.15) is 37.4 Å². The lowest BCUT2D eigenvalue weighted by Crippen LogP contribution is -2.25. The van der Waals surface area contributed by atoms with Gasteiger partial charge in [-0.15, -0.1) is 11.3 Å². The highest BCUT2D eigenvalue weighted by Crippen LogP contribution is 2.37. The number of thiophene rings is 1. The Labute approximate surface area is 117 Å². The van der Waals surface area contributed by atoms with E-state index in [-0.39, 0.29) is 11.5 Å². The van der Waals surface area contributed by atoms with Gasteiger partial charge in [0.1, 0.15) is 17.6 Å². The van der Waals surface area contributed by atoms with E-state index < -0.39 is 0 Å². The molecule has 2 aromatic heterocycles. The third-order valence-electron chi connectivity index (χ3n) is 2.85. The van der Waals surface area contributed by atoms with E-state index in [2.05, 4.69) is 54.7 Å². The fourth-order valence-electron chi connectivity index (χ4n) is 1.90. The van der Waals surface area contributed by atoms with Crippen molar-refractivity contribution in [3.05, 3.63) is 46.3 Å². The molecule has 0 spiro atoms. The van der Waals surface area contributed by atoms with Crippen LogP contribution in [-0.4, -0.2) is 4.98 Å². The molecule has 1 N–H and O–H groups in total. The predicted octanol–water partition coefficient (Wildman–Crippen LogP) is 4.21. The normalized spacial score (nSPS) is 12.7. The Bertz CT molecular complexity index is 576. The van der Waals surface area contributed by atoms with E-state index in [0.717, 1.165) is 5.82 Å². The van der Waals surface area contributed by atoms with Gasteiger partial charge in [0, 0.05) is 4.88 Å². The lowest BCUT2D eigenvalue weighted by Gasteiger charge is -2.31. The Hall–Kier alpha value is -1.86. The maximum Gasteiger partial charge on any atom is 0.142 e. The molecule has 2 heterocycles. The van der Waals surface area contributed by atoms with Crippen molar-refractivity contribution in [2.24, 2.45) is 5.41 Å². The smallest absolute Gasteiger partial charge is 0.142 e. The number of rotatable bonds is 3. The highest BCUT2D eigenvalue weighted by Gasteiger charge is 2.27. The highest BCUT2D eigenvalue weighted by atomic mass is 32.1. The molecule has 0 aliphatic rings. The number of hydrogen-bond donors (Lipinski definition) is 1. The summed E-state index contributed by atoms with van der Waals surface area (Å²) in [6, 6.07) is 11.9. The zero-order valence-corrected chi connectivity index (χ0v) is 12.2. The molecule has 0 aliphatic heterocycles. The van der Waals surface area contributed by atoms with Crippen LogP contribution in [0, 0.1) is 16.7 Å². The molecule has 0 amide bonds. The standard InChI is InChI=1S/C15H17N3S/c1-15(2,3)14(12-7-5-9-19-12)18-13-8-4-6-11(10-16)17-13/h4-9,14H,1-3H3,(H,17,18). The van der Waals surface area contributed by atoms with E-state index in [4.69, 9.17) is 5.26 Å². The van der Waals surface area contributed by atoms with E-state index in [1.807, 2.05) is 12.1 Å². The van der Waals surface area contributed by atoms with Crippen LogP contribution in [0.3, 0.4) is 0 Å². The maximum absolute atomic E-state index is 8.90. The number of anilines is 1. The van der Waals surface area contributed by atoms with Crippen LogP contribution in [0.25, 0.3) is 0 Å². The Morgan fingerprint density at radius 3 is 2.63 bits per heavy atom. The van der Waals surface area contributed by atoms with Crippen molar-refractivity contribution < 1.29 is 0 Å². The van der Waals surface area contributed by atoms with E-state index in [9.17, 15) is 0 Å². The molecule has 0 bridgehead atoms. The largest absolute Gasteiger partial charge is 0.362 e. The van der Waals surface area contributed by atoms with Gasteiger partial charge in [0.15, 0.2) is 0 Å². The number of nitrogens with zero attached hydrogens (tertiary/aromatic N) is 2. The summed E-state index contributed by atoms with van der Waals surface area (Å²) in [5, 5.41) is 14.4. The molecule has 0 radical (unpaired) electrons. The third-order valence-corrected chi connectivity index (χ3v) is 3.79. The van der Waals surface area contributed by atoms with E-state index in [1.165, 1.54) is 4.88 Å². The molecule has 98 valence electrons. The van der Waals surface area contributed by atoms with Crippen LogP contribution in [0.15, 0.2) is 35.7 Å². The van der Waals surface area contributed by atoms with Crippen LogP contribution >= 0.6 is 11.3 Å². The van der Waals surface area contributed by atoms with E-state index >= 15 is 0 Å². The van der Waals surface area contributed by atoms with Gasteiger partial charge in [-0.05, 0) is 29.0 Å². The van der Waals surface area contributed by atoms with Gasteiger partial charge in [-0.3, -0.25) is 0 Å². The summed E-state index contributed by atoms with van der Waals surface area (Å²) < 4.78 is 0. The summed E-state index contributed by atoms with van der Waals surface area (Å²) in [5.41, 5.74) is 0.499. The van der Waals surface area contributed by atoms with Gasteiger partial charge in [0.2, 0.25) is 0 Å². The maximum atomic E-state index is 8.90. The van der Waals surface area contributed by atoms with Crippen LogP contribution in [0.2, 0.25) is 0 Å². The molecule has 0 fully saturated rings. The van der Waals surface area contributed by atoms with Crippen LogP contribution in [0.5, 0.6) is 0 Å². The average Bonchev–Trinajstić information content (AvgIpc) is 2.88. The van der Waals surface area contributed by atoms with Gasteiger partial charge in [-0.2, -0.15) is 5.26 Å². The van der Waals surface area contributed by atoms with Crippen molar-refractivity contribution in [1.82, 2.24) is 4.98 Å². The lowest BCUT2D eigenvalue weighted by molar-refractivity contribution is 0.351. The van der Waals surface area contributed by atoms with Gasteiger partial charge in [-0.1, -0.05) is 32.9 Å². The average molecular weight is 271 g/mol. The van der Waals surface area contributed by atoms with Gasteiger partial charge >= 0.3 is 0 Å². The Morgan fingerprint density at radius 2 is 2.05 bits per heavy atom. The van der Waals surface area contributed by atoms with Crippen molar-refractivity contribution in [1.29, 1.82) is 5.26 Å².